The van der Waals surface area contributed by atoms with Crippen molar-refractivity contribution in [3.63, 3.8) is 0 Å². The number of hydrogen-bond donors (Lipinski definition) is 1. The molecule has 0 unspecified atom stereocenters. The molecule has 32 heavy (non-hydrogen) atoms. The van der Waals surface area contributed by atoms with E-state index in [1.807, 2.05) is 18.2 Å². The molecule has 2 aromatic rings. The summed E-state index contributed by atoms with van der Waals surface area (Å²) in [5.41, 5.74) is 0.729. The van der Waals surface area contributed by atoms with Gasteiger partial charge in [-0.05, 0) is 36.8 Å². The molecule has 8 heteroatoms. The molecule has 1 aliphatic rings. The average Bonchev–Trinajstić information content (AvgIpc) is 2.83. The van der Waals surface area contributed by atoms with E-state index in [1.165, 1.54) is 17.0 Å². The van der Waals surface area contributed by atoms with Gasteiger partial charge in [-0.3, -0.25) is 14.5 Å². The molecule has 172 valence electrons. The number of carbonyl (C=O) groups excluding carboxylic acids is 2. The lowest BCUT2D eigenvalue weighted by molar-refractivity contribution is -0.142. The first-order valence-electron chi connectivity index (χ1n) is 10.8. The maximum Gasteiger partial charge on any atom is 0.261 e. The smallest absolute Gasteiger partial charge is 0.261 e. The van der Waals surface area contributed by atoms with E-state index in [4.69, 9.17) is 9.47 Å². The van der Waals surface area contributed by atoms with Gasteiger partial charge in [-0.2, -0.15) is 0 Å². The summed E-state index contributed by atoms with van der Waals surface area (Å²) in [6.45, 7) is 5.97. The number of rotatable bonds is 10. The quantitative estimate of drug-likeness (QED) is 0.609. The summed E-state index contributed by atoms with van der Waals surface area (Å²) in [6, 6.07) is 14.2. The Balaban J connectivity index is 1.60. The van der Waals surface area contributed by atoms with Crippen LogP contribution in [0.2, 0.25) is 0 Å². The van der Waals surface area contributed by atoms with Crippen LogP contribution in [0.1, 0.15) is 12.5 Å². The first-order valence-corrected chi connectivity index (χ1v) is 10.8. The lowest BCUT2D eigenvalue weighted by atomic mass is 10.1. The Hall–Kier alpha value is -2.97. The van der Waals surface area contributed by atoms with Gasteiger partial charge >= 0.3 is 0 Å². The molecule has 1 saturated heterocycles. The molecule has 2 amide bonds. The van der Waals surface area contributed by atoms with Crippen LogP contribution in [0.25, 0.3) is 0 Å². The maximum absolute atomic E-state index is 13.3. The molecule has 1 atom stereocenters. The Kier molecular flexibility index (Phi) is 9.01. The van der Waals surface area contributed by atoms with Gasteiger partial charge in [-0.1, -0.05) is 30.3 Å². The molecule has 0 radical (unpaired) electrons. The number of benzene rings is 2. The molecular weight excluding hydrogens is 413 g/mol. The van der Waals surface area contributed by atoms with Crippen molar-refractivity contribution in [3.05, 3.63) is 66.0 Å². The van der Waals surface area contributed by atoms with Gasteiger partial charge in [0.15, 0.2) is 6.61 Å². The lowest BCUT2D eigenvalue weighted by Gasteiger charge is -2.30. The van der Waals surface area contributed by atoms with Crippen molar-refractivity contribution in [2.24, 2.45) is 0 Å². The number of ether oxygens (including phenoxy) is 2. The fraction of sp³-hybridized carbons (Fsp3) is 0.417. The maximum atomic E-state index is 13.3. The third-order valence-corrected chi connectivity index (χ3v) is 5.37. The van der Waals surface area contributed by atoms with Crippen LogP contribution >= 0.6 is 0 Å². The number of nitrogens with zero attached hydrogens (tertiary/aromatic N) is 2. The minimum atomic E-state index is -0.711. The van der Waals surface area contributed by atoms with Gasteiger partial charge in [-0.25, -0.2) is 4.39 Å². The first-order chi connectivity index (χ1) is 15.5. The summed E-state index contributed by atoms with van der Waals surface area (Å²) in [5.74, 6) is -0.347. The van der Waals surface area contributed by atoms with Gasteiger partial charge in [0.25, 0.3) is 5.91 Å². The molecule has 7 nitrogen and oxygen atoms in total. The molecule has 2 aromatic carbocycles. The Labute approximate surface area is 188 Å². The fourth-order valence-electron chi connectivity index (χ4n) is 3.42. The second kappa shape index (κ2) is 12.2. The summed E-state index contributed by atoms with van der Waals surface area (Å²) in [5, 5.41) is 2.92. The predicted molar refractivity (Wildman–Crippen MR) is 119 cm³/mol. The number of para-hydroxylation sites is 1. The van der Waals surface area contributed by atoms with Gasteiger partial charge in [0.05, 0.1) is 13.2 Å². The zero-order chi connectivity index (χ0) is 22.8. The number of hydrogen-bond acceptors (Lipinski definition) is 5. The Morgan fingerprint density at radius 1 is 1.12 bits per heavy atom. The van der Waals surface area contributed by atoms with Gasteiger partial charge in [-0.15, -0.1) is 0 Å². The standard InChI is InChI=1S/C24H30FN3O4/c1-19(24(30)26-11-12-27-13-15-31-16-14-27)28(17-20-7-9-21(25)10-8-20)23(29)18-32-22-5-3-2-4-6-22/h2-10,19H,11-18H2,1H3,(H,26,30)/t19-/m0/s1. The highest BCUT2D eigenvalue weighted by atomic mass is 19.1. The molecule has 0 saturated carbocycles. The van der Waals surface area contributed by atoms with Crippen LogP contribution in [0.15, 0.2) is 54.6 Å². The number of amides is 2. The lowest BCUT2D eigenvalue weighted by Crippen LogP contribution is -2.50. The normalized spacial score (nSPS) is 15.1. The highest BCUT2D eigenvalue weighted by Gasteiger charge is 2.26. The van der Waals surface area contributed by atoms with E-state index in [0.717, 1.165) is 25.2 Å². The minimum Gasteiger partial charge on any atom is -0.484 e. The molecule has 1 aliphatic heterocycles. The highest BCUT2D eigenvalue weighted by Crippen LogP contribution is 2.13. The van der Waals surface area contributed by atoms with Crippen LogP contribution in [0, 0.1) is 5.82 Å². The van der Waals surface area contributed by atoms with Gasteiger partial charge in [0, 0.05) is 32.7 Å². The van der Waals surface area contributed by atoms with Gasteiger partial charge in [0.1, 0.15) is 17.6 Å². The zero-order valence-electron chi connectivity index (χ0n) is 18.3. The van der Waals surface area contributed by atoms with E-state index >= 15 is 0 Å². The SMILES string of the molecule is C[C@@H](C(=O)NCCN1CCOCC1)N(Cc1ccc(F)cc1)C(=O)COc1ccccc1. The molecule has 1 heterocycles. The van der Waals surface area contributed by atoms with E-state index in [-0.39, 0.29) is 30.8 Å². The second-order valence-corrected chi connectivity index (χ2v) is 7.67. The second-order valence-electron chi connectivity index (χ2n) is 7.67. The first kappa shape index (κ1) is 23.7. The molecule has 1 fully saturated rings. The molecule has 0 aromatic heterocycles. The highest BCUT2D eigenvalue weighted by molar-refractivity contribution is 5.87. The molecular formula is C24H30FN3O4. The average molecular weight is 444 g/mol. The van der Waals surface area contributed by atoms with Crippen molar-refractivity contribution in [2.75, 3.05) is 46.0 Å². The van der Waals surface area contributed by atoms with E-state index < -0.39 is 6.04 Å². The molecule has 1 N–H and O–H groups in total. The van der Waals surface area contributed by atoms with Crippen molar-refractivity contribution in [2.45, 2.75) is 19.5 Å². The zero-order valence-corrected chi connectivity index (χ0v) is 18.3. The van der Waals surface area contributed by atoms with Crippen LogP contribution in [0.5, 0.6) is 5.75 Å². The minimum absolute atomic E-state index is 0.176. The van der Waals surface area contributed by atoms with Crippen LogP contribution in [0.3, 0.4) is 0 Å². The van der Waals surface area contributed by atoms with E-state index in [2.05, 4.69) is 10.2 Å². The Bertz CT molecular complexity index is 857. The monoisotopic (exact) mass is 443 g/mol. The summed E-state index contributed by atoms with van der Waals surface area (Å²) in [4.78, 5) is 29.5. The summed E-state index contributed by atoms with van der Waals surface area (Å²) in [7, 11) is 0. The number of carbonyl (C=O) groups is 2. The van der Waals surface area contributed by atoms with Crippen molar-refractivity contribution >= 4 is 11.8 Å². The van der Waals surface area contributed by atoms with Gasteiger partial charge in [0.2, 0.25) is 5.91 Å². The van der Waals surface area contributed by atoms with Crippen LogP contribution in [-0.4, -0.2) is 73.7 Å². The van der Waals surface area contributed by atoms with Crippen molar-refractivity contribution in [1.29, 1.82) is 0 Å². The molecule has 0 bridgehead atoms. The molecule has 0 spiro atoms. The Morgan fingerprint density at radius 2 is 1.81 bits per heavy atom. The summed E-state index contributed by atoms with van der Waals surface area (Å²) in [6.07, 6.45) is 0. The molecule has 0 aliphatic carbocycles. The van der Waals surface area contributed by atoms with E-state index in [0.29, 0.717) is 25.5 Å². The third-order valence-electron chi connectivity index (χ3n) is 5.37. The van der Waals surface area contributed by atoms with Crippen LogP contribution in [0.4, 0.5) is 4.39 Å². The van der Waals surface area contributed by atoms with Crippen LogP contribution in [-0.2, 0) is 20.9 Å². The summed E-state index contributed by atoms with van der Waals surface area (Å²) < 4.78 is 24.2. The number of halogens is 1. The number of nitrogens with one attached hydrogen (secondary N) is 1. The number of morpholine rings is 1. The van der Waals surface area contributed by atoms with E-state index in [1.54, 1.807) is 31.2 Å². The largest absolute Gasteiger partial charge is 0.484 e. The van der Waals surface area contributed by atoms with Crippen molar-refractivity contribution < 1.29 is 23.5 Å². The fourth-order valence-corrected chi connectivity index (χ4v) is 3.42. The summed E-state index contributed by atoms with van der Waals surface area (Å²) >= 11 is 0. The third kappa shape index (κ3) is 7.32. The van der Waals surface area contributed by atoms with Crippen molar-refractivity contribution in [1.82, 2.24) is 15.1 Å². The van der Waals surface area contributed by atoms with Crippen LogP contribution < -0.4 is 10.1 Å². The van der Waals surface area contributed by atoms with Crippen molar-refractivity contribution in [3.8, 4) is 5.75 Å². The topological polar surface area (TPSA) is 71.1 Å². The van der Waals surface area contributed by atoms with E-state index in [9.17, 15) is 14.0 Å². The van der Waals surface area contributed by atoms with Gasteiger partial charge < -0.3 is 19.7 Å². The predicted octanol–water partition coefficient (Wildman–Crippen LogP) is 2.07. The Morgan fingerprint density at radius 3 is 2.50 bits per heavy atom. The molecule has 3 rings (SSSR count).